The zero-order valence-electron chi connectivity index (χ0n) is 24.7. The van der Waals surface area contributed by atoms with Gasteiger partial charge in [0.25, 0.3) is 0 Å². The molecule has 0 radical (unpaired) electrons. The van der Waals surface area contributed by atoms with Crippen molar-refractivity contribution in [3.8, 4) is 0 Å². The first kappa shape index (κ1) is 31.3. The summed E-state index contributed by atoms with van der Waals surface area (Å²) in [5.41, 5.74) is 1.97. The van der Waals surface area contributed by atoms with Crippen LogP contribution in [0.4, 0.5) is 0 Å². The molecule has 0 aromatic heterocycles. The van der Waals surface area contributed by atoms with Crippen LogP contribution >= 0.6 is 0 Å². The van der Waals surface area contributed by atoms with Crippen molar-refractivity contribution in [2.45, 2.75) is 130 Å². The van der Waals surface area contributed by atoms with E-state index < -0.39 is 0 Å². The molecule has 0 aromatic carbocycles. The molecule has 0 aromatic rings. The van der Waals surface area contributed by atoms with Crippen molar-refractivity contribution in [1.82, 2.24) is 10.8 Å². The Morgan fingerprint density at radius 1 is 0.974 bits per heavy atom. The largest absolute Gasteiger partial charge is 0.393 e. The quantitative estimate of drug-likeness (QED) is 0.133. The Bertz CT molecular complexity index is 788. The van der Waals surface area contributed by atoms with E-state index in [4.69, 9.17) is 5.21 Å². The van der Waals surface area contributed by atoms with Gasteiger partial charge in [-0.25, -0.2) is 5.48 Å². The van der Waals surface area contributed by atoms with Crippen LogP contribution in [0.15, 0.2) is 0 Å². The average molecular weight is 537 g/mol. The number of rotatable bonds is 12. The van der Waals surface area contributed by atoms with Crippen molar-refractivity contribution in [3.63, 3.8) is 0 Å². The van der Waals surface area contributed by atoms with Crippen LogP contribution in [0.2, 0.25) is 0 Å². The highest BCUT2D eigenvalue weighted by molar-refractivity contribution is 5.75. The molecular weight excluding hydrogens is 480 g/mol. The minimum Gasteiger partial charge on any atom is -0.393 e. The van der Waals surface area contributed by atoms with Crippen LogP contribution in [-0.2, 0) is 9.59 Å². The van der Waals surface area contributed by atoms with Gasteiger partial charge in [-0.15, -0.1) is 0 Å². The SMILES string of the molecule is CC[C@H]1[C@H]([C@@H]2CC[C@H]([C@H](C)CCC(=O)NCCCCCC(=O)NO)C2(C)C)[C@@H](O)C[C@@H]2C[C@H](O)CC[C@@]21C. The molecule has 9 atom stereocenters. The van der Waals surface area contributed by atoms with E-state index in [-0.39, 0.29) is 34.9 Å². The Kier molecular flexibility index (Phi) is 11.1. The number of hydrogen-bond acceptors (Lipinski definition) is 5. The fraction of sp³-hybridized carbons (Fsp3) is 0.935. The standard InChI is InChI=1S/C31H56N2O5/c1-6-23-29(26(35)19-21-18-22(34)15-16-31(21,23)5)25-13-12-24(30(25,3)4)20(2)11-14-27(36)32-17-9-7-8-10-28(37)33-38/h20-26,29,34-35,38H,6-19H2,1-5H3,(H,32,36)(H,33,37)/t20-,21+,22-,23+,24-,25+,26+,29-,31+/m1/s1. The summed E-state index contributed by atoms with van der Waals surface area (Å²) in [4.78, 5) is 23.5. The summed E-state index contributed by atoms with van der Waals surface area (Å²) in [6, 6.07) is 0. The van der Waals surface area contributed by atoms with Crippen molar-refractivity contribution in [1.29, 1.82) is 0 Å². The van der Waals surface area contributed by atoms with E-state index in [1.165, 1.54) is 6.42 Å². The summed E-state index contributed by atoms with van der Waals surface area (Å²) < 4.78 is 0. The maximum absolute atomic E-state index is 12.5. The third-order valence-electron chi connectivity index (χ3n) is 11.4. The summed E-state index contributed by atoms with van der Waals surface area (Å²) in [7, 11) is 0. The van der Waals surface area contributed by atoms with Gasteiger partial charge in [-0.3, -0.25) is 14.8 Å². The predicted molar refractivity (Wildman–Crippen MR) is 149 cm³/mol. The van der Waals surface area contributed by atoms with Gasteiger partial charge in [0, 0.05) is 19.4 Å². The van der Waals surface area contributed by atoms with Crippen molar-refractivity contribution < 1.29 is 25.0 Å². The second-order valence-electron chi connectivity index (χ2n) is 13.8. The predicted octanol–water partition coefficient (Wildman–Crippen LogP) is 5.21. The van der Waals surface area contributed by atoms with Crippen molar-refractivity contribution in [3.05, 3.63) is 0 Å². The highest BCUT2D eigenvalue weighted by Crippen LogP contribution is 2.63. The molecule has 3 saturated carbocycles. The Hall–Kier alpha value is -1.18. The van der Waals surface area contributed by atoms with Gasteiger partial charge in [0.1, 0.15) is 0 Å². The minimum absolute atomic E-state index is 0.101. The van der Waals surface area contributed by atoms with Crippen LogP contribution in [0.1, 0.15) is 118 Å². The molecule has 3 aliphatic rings. The topological polar surface area (TPSA) is 119 Å². The molecule has 0 spiro atoms. The number of aliphatic hydroxyl groups excluding tert-OH is 2. The fourth-order valence-corrected chi connectivity index (χ4v) is 9.30. The first-order chi connectivity index (χ1) is 17.9. The number of unbranched alkanes of at least 4 members (excludes halogenated alkanes) is 2. The maximum atomic E-state index is 12.5. The number of amides is 2. The lowest BCUT2D eigenvalue weighted by Gasteiger charge is -2.59. The minimum atomic E-state index is -0.365. The van der Waals surface area contributed by atoms with E-state index in [2.05, 4.69) is 39.9 Å². The lowest BCUT2D eigenvalue weighted by atomic mass is 9.47. The van der Waals surface area contributed by atoms with Gasteiger partial charge in [0.15, 0.2) is 0 Å². The van der Waals surface area contributed by atoms with Crippen LogP contribution in [0.3, 0.4) is 0 Å². The molecule has 220 valence electrons. The zero-order chi connectivity index (χ0) is 28.1. The molecule has 5 N–H and O–H groups in total. The summed E-state index contributed by atoms with van der Waals surface area (Å²) in [5.74, 6) is 2.44. The molecule has 3 rings (SSSR count). The van der Waals surface area contributed by atoms with E-state index in [0.717, 1.165) is 57.8 Å². The molecule has 3 aliphatic carbocycles. The van der Waals surface area contributed by atoms with Crippen LogP contribution in [0, 0.1) is 46.3 Å². The maximum Gasteiger partial charge on any atom is 0.243 e. The number of carbonyl (C=O) groups excluding carboxylic acids is 2. The third kappa shape index (κ3) is 6.93. The van der Waals surface area contributed by atoms with Gasteiger partial charge in [-0.2, -0.15) is 0 Å². The average Bonchev–Trinajstić information content (AvgIpc) is 3.18. The molecule has 0 bridgehead atoms. The number of fused-ring (bicyclic) bond motifs is 1. The lowest BCUT2D eigenvalue weighted by molar-refractivity contribution is -0.148. The lowest BCUT2D eigenvalue weighted by Crippen LogP contribution is -2.55. The fourth-order valence-electron chi connectivity index (χ4n) is 9.30. The van der Waals surface area contributed by atoms with Crippen LogP contribution < -0.4 is 10.8 Å². The normalized spacial score (nSPS) is 37.3. The monoisotopic (exact) mass is 536 g/mol. The smallest absolute Gasteiger partial charge is 0.243 e. The Morgan fingerprint density at radius 2 is 1.71 bits per heavy atom. The van der Waals surface area contributed by atoms with Crippen LogP contribution in [0.25, 0.3) is 0 Å². The first-order valence-electron chi connectivity index (χ1n) is 15.5. The zero-order valence-corrected chi connectivity index (χ0v) is 24.7. The van der Waals surface area contributed by atoms with Gasteiger partial charge >= 0.3 is 0 Å². The second kappa shape index (κ2) is 13.5. The van der Waals surface area contributed by atoms with E-state index >= 15 is 0 Å². The van der Waals surface area contributed by atoms with E-state index in [1.807, 2.05) is 0 Å². The molecule has 38 heavy (non-hydrogen) atoms. The number of hydroxylamine groups is 1. The highest BCUT2D eigenvalue weighted by atomic mass is 16.5. The molecule has 0 unspecified atom stereocenters. The van der Waals surface area contributed by atoms with Gasteiger partial charge in [0.05, 0.1) is 12.2 Å². The van der Waals surface area contributed by atoms with E-state index in [0.29, 0.717) is 61.3 Å². The number of hydrogen-bond donors (Lipinski definition) is 5. The summed E-state index contributed by atoms with van der Waals surface area (Å²) >= 11 is 0. The molecule has 7 heteroatoms. The number of nitrogens with one attached hydrogen (secondary N) is 2. The van der Waals surface area contributed by atoms with Crippen LogP contribution in [-0.4, -0.2) is 46.0 Å². The van der Waals surface area contributed by atoms with Crippen molar-refractivity contribution in [2.24, 2.45) is 46.3 Å². The van der Waals surface area contributed by atoms with Gasteiger partial charge in [0.2, 0.25) is 11.8 Å². The van der Waals surface area contributed by atoms with E-state index in [9.17, 15) is 19.8 Å². The molecule has 3 fully saturated rings. The summed E-state index contributed by atoms with van der Waals surface area (Å²) in [6.45, 7) is 12.5. The van der Waals surface area contributed by atoms with Crippen molar-refractivity contribution in [2.75, 3.05) is 6.54 Å². The molecule has 2 amide bonds. The third-order valence-corrected chi connectivity index (χ3v) is 11.4. The summed E-state index contributed by atoms with van der Waals surface area (Å²) in [5, 5.41) is 33.4. The first-order valence-corrected chi connectivity index (χ1v) is 15.5. The second-order valence-corrected chi connectivity index (χ2v) is 13.8. The molecular formula is C31H56N2O5. The molecule has 7 nitrogen and oxygen atoms in total. The van der Waals surface area contributed by atoms with Crippen molar-refractivity contribution >= 4 is 11.8 Å². The summed E-state index contributed by atoms with van der Waals surface area (Å²) in [6.07, 6.45) is 10.7. The highest BCUT2D eigenvalue weighted by Gasteiger charge is 2.58. The van der Waals surface area contributed by atoms with Gasteiger partial charge < -0.3 is 15.5 Å². The number of carbonyl (C=O) groups is 2. The molecule has 0 aliphatic heterocycles. The molecule has 0 saturated heterocycles. The van der Waals surface area contributed by atoms with E-state index in [1.54, 1.807) is 5.48 Å². The van der Waals surface area contributed by atoms with Crippen LogP contribution in [0.5, 0.6) is 0 Å². The van der Waals surface area contributed by atoms with Gasteiger partial charge in [-0.1, -0.05) is 47.5 Å². The van der Waals surface area contributed by atoms with Gasteiger partial charge in [-0.05, 0) is 104 Å². The Labute approximate surface area is 230 Å². The number of aliphatic hydroxyl groups is 2. The molecule has 0 heterocycles. The Balaban J connectivity index is 1.52. The Morgan fingerprint density at radius 3 is 2.39 bits per heavy atom.